The van der Waals surface area contributed by atoms with E-state index in [0.29, 0.717) is 11.5 Å². The molecular weight excluding hydrogens is 322 g/mol. The molecule has 0 atom stereocenters. The number of thiazole rings is 1. The SMILES string of the molecule is COc1ccc(-c2csc(/C=C/c3cccc(O)c3)n2)cc1OC. The Kier molecular flexibility index (Phi) is 4.82. The minimum Gasteiger partial charge on any atom is -0.508 e. The maximum Gasteiger partial charge on any atom is 0.161 e. The first-order valence-electron chi connectivity index (χ1n) is 7.34. The van der Waals surface area contributed by atoms with E-state index in [1.807, 2.05) is 47.9 Å². The molecule has 4 nitrogen and oxygen atoms in total. The molecule has 1 heterocycles. The quantitative estimate of drug-likeness (QED) is 0.732. The van der Waals surface area contributed by atoms with Crippen molar-refractivity contribution >= 4 is 23.5 Å². The van der Waals surface area contributed by atoms with Crippen LogP contribution in [0.4, 0.5) is 0 Å². The normalized spacial score (nSPS) is 10.9. The summed E-state index contributed by atoms with van der Waals surface area (Å²) in [5.41, 5.74) is 2.79. The minimum atomic E-state index is 0.252. The van der Waals surface area contributed by atoms with E-state index in [-0.39, 0.29) is 5.75 Å². The highest BCUT2D eigenvalue weighted by Crippen LogP contribution is 2.32. The topological polar surface area (TPSA) is 51.6 Å². The fourth-order valence-electron chi connectivity index (χ4n) is 2.29. The van der Waals surface area contributed by atoms with Gasteiger partial charge in [-0.3, -0.25) is 0 Å². The molecule has 3 rings (SSSR count). The van der Waals surface area contributed by atoms with Crippen molar-refractivity contribution in [3.05, 3.63) is 58.4 Å². The first-order valence-corrected chi connectivity index (χ1v) is 8.22. The van der Waals surface area contributed by atoms with Crippen molar-refractivity contribution in [1.29, 1.82) is 0 Å². The average Bonchev–Trinajstić information content (AvgIpc) is 3.08. The number of hydrogen-bond donors (Lipinski definition) is 1. The number of ether oxygens (including phenoxy) is 2. The Morgan fingerprint density at radius 3 is 2.58 bits per heavy atom. The van der Waals surface area contributed by atoms with Gasteiger partial charge in [-0.25, -0.2) is 4.98 Å². The molecule has 24 heavy (non-hydrogen) atoms. The summed E-state index contributed by atoms with van der Waals surface area (Å²) in [4.78, 5) is 4.62. The van der Waals surface area contributed by atoms with Crippen LogP contribution in [0.25, 0.3) is 23.4 Å². The minimum absolute atomic E-state index is 0.252. The molecule has 1 aromatic heterocycles. The van der Waals surface area contributed by atoms with Gasteiger partial charge >= 0.3 is 0 Å². The molecular formula is C19H17NO3S. The molecule has 0 saturated heterocycles. The van der Waals surface area contributed by atoms with Crippen LogP contribution < -0.4 is 9.47 Å². The number of benzene rings is 2. The van der Waals surface area contributed by atoms with Gasteiger partial charge in [-0.05, 0) is 42.0 Å². The summed E-state index contributed by atoms with van der Waals surface area (Å²) < 4.78 is 10.6. The second kappa shape index (κ2) is 7.19. The molecule has 1 N–H and O–H groups in total. The number of aromatic hydroxyl groups is 1. The van der Waals surface area contributed by atoms with Gasteiger partial charge in [0.2, 0.25) is 0 Å². The zero-order valence-electron chi connectivity index (χ0n) is 13.4. The van der Waals surface area contributed by atoms with E-state index in [1.165, 1.54) is 0 Å². The zero-order valence-corrected chi connectivity index (χ0v) is 14.2. The third kappa shape index (κ3) is 3.58. The summed E-state index contributed by atoms with van der Waals surface area (Å²) in [7, 11) is 3.23. The first kappa shape index (κ1) is 16.1. The summed E-state index contributed by atoms with van der Waals surface area (Å²) in [5.74, 6) is 1.63. The Hall–Kier alpha value is -2.79. The van der Waals surface area contributed by atoms with Crippen LogP contribution >= 0.6 is 11.3 Å². The zero-order chi connectivity index (χ0) is 16.9. The molecule has 0 aliphatic carbocycles. The van der Waals surface area contributed by atoms with Gasteiger partial charge in [-0.15, -0.1) is 11.3 Å². The van der Waals surface area contributed by atoms with Crippen LogP contribution in [0.3, 0.4) is 0 Å². The molecule has 0 spiro atoms. The molecule has 0 radical (unpaired) electrons. The molecule has 0 aliphatic rings. The summed E-state index contributed by atoms with van der Waals surface area (Å²) in [6.07, 6.45) is 3.86. The number of aromatic nitrogens is 1. The van der Waals surface area contributed by atoms with Crippen LogP contribution in [0.2, 0.25) is 0 Å². The summed E-state index contributed by atoms with van der Waals surface area (Å²) in [5, 5.41) is 12.4. The summed E-state index contributed by atoms with van der Waals surface area (Å²) in [6.45, 7) is 0. The van der Waals surface area contributed by atoms with E-state index in [9.17, 15) is 5.11 Å². The third-order valence-electron chi connectivity index (χ3n) is 3.49. The molecule has 0 bridgehead atoms. The number of rotatable bonds is 5. The van der Waals surface area contributed by atoms with Crippen molar-refractivity contribution in [3.8, 4) is 28.5 Å². The maximum atomic E-state index is 9.49. The predicted octanol–water partition coefficient (Wildman–Crippen LogP) is 4.70. The predicted molar refractivity (Wildman–Crippen MR) is 97.7 cm³/mol. The van der Waals surface area contributed by atoms with E-state index >= 15 is 0 Å². The molecule has 0 aliphatic heterocycles. The van der Waals surface area contributed by atoms with Crippen molar-refractivity contribution in [1.82, 2.24) is 4.98 Å². The number of methoxy groups -OCH3 is 2. The van der Waals surface area contributed by atoms with Crippen LogP contribution in [0.1, 0.15) is 10.6 Å². The highest BCUT2D eigenvalue weighted by atomic mass is 32.1. The number of hydrogen-bond acceptors (Lipinski definition) is 5. The number of nitrogens with zero attached hydrogens (tertiary/aromatic N) is 1. The standard InChI is InChI=1S/C19H17NO3S/c1-22-17-8-7-14(11-18(17)23-2)16-12-24-19(20-16)9-6-13-4-3-5-15(21)10-13/h3-12,21H,1-2H3/b9-6+. The highest BCUT2D eigenvalue weighted by Gasteiger charge is 2.08. The summed E-state index contributed by atoms with van der Waals surface area (Å²) in [6, 6.07) is 12.8. The lowest BCUT2D eigenvalue weighted by molar-refractivity contribution is 0.355. The molecule has 2 aromatic carbocycles. The highest BCUT2D eigenvalue weighted by molar-refractivity contribution is 7.10. The van der Waals surface area contributed by atoms with Gasteiger partial charge in [0.05, 0.1) is 19.9 Å². The van der Waals surface area contributed by atoms with Gasteiger partial charge in [0.1, 0.15) is 10.8 Å². The fraction of sp³-hybridized carbons (Fsp3) is 0.105. The Labute approximate surface area is 144 Å². The van der Waals surface area contributed by atoms with Gasteiger partial charge in [-0.1, -0.05) is 18.2 Å². The van der Waals surface area contributed by atoms with Gasteiger partial charge in [0, 0.05) is 10.9 Å². The summed E-state index contributed by atoms with van der Waals surface area (Å²) >= 11 is 1.56. The van der Waals surface area contributed by atoms with Crippen LogP contribution in [0.5, 0.6) is 17.2 Å². The van der Waals surface area contributed by atoms with E-state index in [0.717, 1.165) is 21.8 Å². The number of phenolic OH excluding ortho intramolecular Hbond substituents is 1. The van der Waals surface area contributed by atoms with Crippen molar-refractivity contribution in [3.63, 3.8) is 0 Å². The Morgan fingerprint density at radius 1 is 1.00 bits per heavy atom. The average molecular weight is 339 g/mol. The third-order valence-corrected chi connectivity index (χ3v) is 4.30. The number of phenols is 1. The first-order chi connectivity index (χ1) is 11.7. The van der Waals surface area contributed by atoms with Gasteiger partial charge in [0.15, 0.2) is 11.5 Å². The van der Waals surface area contributed by atoms with Crippen molar-refractivity contribution in [2.75, 3.05) is 14.2 Å². The Balaban J connectivity index is 1.83. The second-order valence-corrected chi connectivity index (χ2v) is 5.96. The van der Waals surface area contributed by atoms with E-state index in [4.69, 9.17) is 9.47 Å². The van der Waals surface area contributed by atoms with Crippen molar-refractivity contribution in [2.45, 2.75) is 0 Å². The largest absolute Gasteiger partial charge is 0.508 e. The maximum absolute atomic E-state index is 9.49. The van der Waals surface area contributed by atoms with E-state index < -0.39 is 0 Å². The second-order valence-electron chi connectivity index (χ2n) is 5.07. The lowest BCUT2D eigenvalue weighted by Gasteiger charge is -2.08. The van der Waals surface area contributed by atoms with Crippen LogP contribution in [-0.2, 0) is 0 Å². The molecule has 0 unspecified atom stereocenters. The lowest BCUT2D eigenvalue weighted by atomic mass is 10.1. The lowest BCUT2D eigenvalue weighted by Crippen LogP contribution is -1.90. The van der Waals surface area contributed by atoms with Crippen LogP contribution in [0, 0.1) is 0 Å². The van der Waals surface area contributed by atoms with Crippen molar-refractivity contribution < 1.29 is 14.6 Å². The molecule has 0 fully saturated rings. The van der Waals surface area contributed by atoms with Crippen LogP contribution in [0.15, 0.2) is 47.8 Å². The van der Waals surface area contributed by atoms with Crippen molar-refractivity contribution in [2.24, 2.45) is 0 Å². The van der Waals surface area contributed by atoms with Crippen LogP contribution in [-0.4, -0.2) is 24.3 Å². The van der Waals surface area contributed by atoms with Gasteiger partial charge < -0.3 is 14.6 Å². The Bertz CT molecular complexity index is 871. The molecule has 122 valence electrons. The molecule has 3 aromatic rings. The smallest absolute Gasteiger partial charge is 0.161 e. The monoisotopic (exact) mass is 339 g/mol. The molecule has 5 heteroatoms. The van der Waals surface area contributed by atoms with Gasteiger partial charge in [0.25, 0.3) is 0 Å². The molecule has 0 amide bonds. The molecule has 0 saturated carbocycles. The van der Waals surface area contributed by atoms with Gasteiger partial charge in [-0.2, -0.15) is 0 Å². The fourth-order valence-corrected chi connectivity index (χ4v) is 3.01. The van der Waals surface area contributed by atoms with E-state index in [2.05, 4.69) is 4.98 Å². The Morgan fingerprint density at radius 2 is 1.83 bits per heavy atom. The van der Waals surface area contributed by atoms with E-state index in [1.54, 1.807) is 37.7 Å².